The van der Waals surface area contributed by atoms with Crippen LogP contribution in [-0.2, 0) is 0 Å². The predicted molar refractivity (Wildman–Crippen MR) is 95.6 cm³/mol. The molecule has 0 aliphatic carbocycles. The highest BCUT2D eigenvalue weighted by molar-refractivity contribution is 5.87. The van der Waals surface area contributed by atoms with Crippen molar-refractivity contribution in [1.82, 2.24) is 9.97 Å². The lowest BCUT2D eigenvalue weighted by Crippen LogP contribution is -1.95. The van der Waals surface area contributed by atoms with Gasteiger partial charge in [-0.05, 0) is 48.7 Å². The number of pyridine rings is 1. The molecule has 2 heterocycles. The summed E-state index contributed by atoms with van der Waals surface area (Å²) in [5.74, 6) is 1.34. The molecular weight excluding hydrogens is 284 g/mol. The third-order valence-electron chi connectivity index (χ3n) is 3.64. The maximum absolute atomic E-state index is 5.65. The number of hydrogen-bond acceptors (Lipinski definition) is 2. The molecule has 3 nitrogen and oxygen atoms in total. The molecule has 0 saturated carbocycles. The van der Waals surface area contributed by atoms with Gasteiger partial charge < -0.3 is 9.72 Å². The maximum Gasteiger partial charge on any atom is 0.137 e. The normalized spacial score (nSPS) is 12.1. The quantitative estimate of drug-likeness (QED) is 0.716. The molecule has 0 unspecified atom stereocenters. The van der Waals surface area contributed by atoms with Crippen LogP contribution in [0.25, 0.3) is 16.6 Å². The van der Waals surface area contributed by atoms with Crippen molar-refractivity contribution in [3.05, 3.63) is 66.0 Å². The number of fused-ring (bicyclic) bond motifs is 1. The first-order valence-corrected chi connectivity index (χ1v) is 8.06. The van der Waals surface area contributed by atoms with Gasteiger partial charge in [0.1, 0.15) is 11.4 Å². The highest BCUT2D eigenvalue weighted by atomic mass is 16.5. The molecule has 3 heteroatoms. The fraction of sp³-hybridized carbons (Fsp3) is 0.250. The number of aromatic nitrogens is 2. The number of rotatable bonds is 5. The zero-order valence-electron chi connectivity index (χ0n) is 13.8. The molecule has 0 spiro atoms. The van der Waals surface area contributed by atoms with E-state index in [0.717, 1.165) is 28.0 Å². The third-order valence-corrected chi connectivity index (χ3v) is 3.64. The van der Waals surface area contributed by atoms with Crippen molar-refractivity contribution in [3.63, 3.8) is 0 Å². The van der Waals surface area contributed by atoms with Gasteiger partial charge in [0.05, 0.1) is 6.61 Å². The number of hydrogen-bond donors (Lipinski definition) is 1. The molecule has 3 rings (SSSR count). The highest BCUT2D eigenvalue weighted by Crippen LogP contribution is 2.29. The second-order valence-corrected chi connectivity index (χ2v) is 5.91. The molecule has 0 bridgehead atoms. The standard InChI is InChI=1S/C20H22N2O/c1-4-23-17-9-5-7-15(12-17)18(11-14(2)3)19-13-16-8-6-10-21-20(16)22-19/h5-14H,4H2,1-3H3,(H,21,22)/b18-11+. The minimum absolute atomic E-state index is 0.445. The minimum Gasteiger partial charge on any atom is -0.494 e. The zero-order chi connectivity index (χ0) is 16.2. The van der Waals surface area contributed by atoms with Crippen LogP contribution in [0.1, 0.15) is 32.0 Å². The lowest BCUT2D eigenvalue weighted by Gasteiger charge is -2.10. The van der Waals surface area contributed by atoms with Gasteiger partial charge in [-0.1, -0.05) is 32.1 Å². The maximum atomic E-state index is 5.65. The van der Waals surface area contributed by atoms with Gasteiger partial charge in [-0.25, -0.2) is 4.98 Å². The van der Waals surface area contributed by atoms with Crippen molar-refractivity contribution in [2.75, 3.05) is 6.61 Å². The molecule has 3 aromatic rings. The van der Waals surface area contributed by atoms with Crippen molar-refractivity contribution < 1.29 is 4.74 Å². The van der Waals surface area contributed by atoms with Gasteiger partial charge in [0.15, 0.2) is 0 Å². The van der Waals surface area contributed by atoms with E-state index in [9.17, 15) is 0 Å². The van der Waals surface area contributed by atoms with Gasteiger partial charge in [0.25, 0.3) is 0 Å². The Morgan fingerprint density at radius 3 is 2.83 bits per heavy atom. The molecule has 0 aliphatic rings. The summed E-state index contributed by atoms with van der Waals surface area (Å²) in [7, 11) is 0. The third kappa shape index (κ3) is 3.45. The summed E-state index contributed by atoms with van der Waals surface area (Å²) in [5, 5.41) is 1.12. The second kappa shape index (κ2) is 6.69. The zero-order valence-corrected chi connectivity index (χ0v) is 13.8. The van der Waals surface area contributed by atoms with Gasteiger partial charge in [0.2, 0.25) is 0 Å². The average Bonchev–Trinajstić information content (AvgIpc) is 2.96. The molecule has 0 aliphatic heterocycles. The van der Waals surface area contributed by atoms with Crippen molar-refractivity contribution in [1.29, 1.82) is 0 Å². The minimum atomic E-state index is 0.445. The number of nitrogens with one attached hydrogen (secondary N) is 1. The molecule has 0 atom stereocenters. The lowest BCUT2D eigenvalue weighted by molar-refractivity contribution is 0.340. The first-order valence-electron chi connectivity index (χ1n) is 8.06. The lowest BCUT2D eigenvalue weighted by atomic mass is 9.98. The van der Waals surface area contributed by atoms with E-state index in [-0.39, 0.29) is 0 Å². The Balaban J connectivity index is 2.09. The van der Waals surface area contributed by atoms with E-state index in [0.29, 0.717) is 12.5 Å². The van der Waals surface area contributed by atoms with E-state index in [1.54, 1.807) is 0 Å². The number of ether oxygens (including phenoxy) is 1. The molecule has 2 aromatic heterocycles. The van der Waals surface area contributed by atoms with E-state index in [4.69, 9.17) is 4.74 Å². The smallest absolute Gasteiger partial charge is 0.137 e. The van der Waals surface area contributed by atoms with Crippen LogP contribution in [0.2, 0.25) is 0 Å². The first kappa shape index (κ1) is 15.3. The molecule has 0 radical (unpaired) electrons. The highest BCUT2D eigenvalue weighted by Gasteiger charge is 2.11. The summed E-state index contributed by atoms with van der Waals surface area (Å²) >= 11 is 0. The van der Waals surface area contributed by atoms with E-state index in [2.05, 4.69) is 54.2 Å². The second-order valence-electron chi connectivity index (χ2n) is 5.91. The van der Waals surface area contributed by atoms with Crippen LogP contribution in [0.3, 0.4) is 0 Å². The van der Waals surface area contributed by atoms with Gasteiger partial charge in [-0.2, -0.15) is 0 Å². The Kier molecular flexibility index (Phi) is 4.47. The first-order chi connectivity index (χ1) is 11.2. The van der Waals surface area contributed by atoms with Crippen LogP contribution >= 0.6 is 0 Å². The Labute approximate surface area is 137 Å². The van der Waals surface area contributed by atoms with Gasteiger partial charge in [-0.3, -0.25) is 0 Å². The summed E-state index contributed by atoms with van der Waals surface area (Å²) in [6.45, 7) is 7.05. The summed E-state index contributed by atoms with van der Waals surface area (Å²) in [6, 6.07) is 14.4. The molecule has 1 aromatic carbocycles. The van der Waals surface area contributed by atoms with Gasteiger partial charge >= 0.3 is 0 Å². The molecule has 1 N–H and O–H groups in total. The van der Waals surface area contributed by atoms with Crippen molar-refractivity contribution in [2.45, 2.75) is 20.8 Å². The number of nitrogens with zero attached hydrogens (tertiary/aromatic N) is 1. The monoisotopic (exact) mass is 306 g/mol. The largest absolute Gasteiger partial charge is 0.494 e. The molecule has 0 saturated heterocycles. The van der Waals surface area contributed by atoms with Crippen LogP contribution < -0.4 is 4.74 Å². The predicted octanol–water partition coefficient (Wildman–Crippen LogP) is 5.05. The van der Waals surface area contributed by atoms with E-state index < -0.39 is 0 Å². The van der Waals surface area contributed by atoms with E-state index in [1.807, 2.05) is 31.3 Å². The van der Waals surface area contributed by atoms with Crippen molar-refractivity contribution in [2.24, 2.45) is 5.92 Å². The number of allylic oxidation sites excluding steroid dienone is 1. The number of aromatic amines is 1. The fourth-order valence-corrected chi connectivity index (χ4v) is 2.70. The van der Waals surface area contributed by atoms with Crippen LogP contribution in [0.5, 0.6) is 5.75 Å². The molecule has 0 fully saturated rings. The molecular formula is C20H22N2O. The van der Waals surface area contributed by atoms with Gasteiger partial charge in [0, 0.05) is 22.9 Å². The molecule has 118 valence electrons. The topological polar surface area (TPSA) is 37.9 Å². The summed E-state index contributed by atoms with van der Waals surface area (Å²) in [4.78, 5) is 7.83. The van der Waals surface area contributed by atoms with Crippen molar-refractivity contribution in [3.8, 4) is 5.75 Å². The Morgan fingerprint density at radius 1 is 1.22 bits per heavy atom. The average molecular weight is 306 g/mol. The SMILES string of the molecule is CCOc1cccc(/C(=C\C(C)C)c2cc3cccnc3[nH]2)c1. The Bertz CT molecular complexity index is 797. The fourth-order valence-electron chi connectivity index (χ4n) is 2.70. The number of benzene rings is 1. The van der Waals surface area contributed by atoms with Crippen molar-refractivity contribution >= 4 is 16.6 Å². The van der Waals surface area contributed by atoms with E-state index in [1.165, 1.54) is 5.57 Å². The van der Waals surface area contributed by atoms with Crippen LogP contribution in [0.15, 0.2) is 54.7 Å². The van der Waals surface area contributed by atoms with Gasteiger partial charge in [-0.15, -0.1) is 0 Å². The van der Waals surface area contributed by atoms with Crippen LogP contribution in [0, 0.1) is 5.92 Å². The van der Waals surface area contributed by atoms with Crippen LogP contribution in [0.4, 0.5) is 0 Å². The van der Waals surface area contributed by atoms with E-state index >= 15 is 0 Å². The molecule has 0 amide bonds. The number of H-pyrrole nitrogens is 1. The van der Waals surface area contributed by atoms with Crippen LogP contribution in [-0.4, -0.2) is 16.6 Å². The summed E-state index contributed by atoms with van der Waals surface area (Å²) in [6.07, 6.45) is 4.08. The summed E-state index contributed by atoms with van der Waals surface area (Å²) in [5.41, 5.74) is 4.33. The molecule has 23 heavy (non-hydrogen) atoms. The Hall–Kier alpha value is -2.55. The Morgan fingerprint density at radius 2 is 2.09 bits per heavy atom. The summed E-state index contributed by atoms with van der Waals surface area (Å²) < 4.78 is 5.65.